The number of carbonyl (C=O) groups excluding carboxylic acids is 2. The Balaban J connectivity index is 1.77. The summed E-state index contributed by atoms with van der Waals surface area (Å²) in [5.41, 5.74) is 0.0486. The van der Waals surface area contributed by atoms with E-state index in [0.717, 1.165) is 12.1 Å². The molecule has 3 aromatic rings. The molecule has 0 aliphatic carbocycles. The average Bonchev–Trinajstić information content (AvgIpc) is 2.65. The zero-order valence-corrected chi connectivity index (χ0v) is 13.3. The first-order chi connectivity index (χ1) is 12.5. The van der Waals surface area contributed by atoms with Gasteiger partial charge < -0.3 is 9.47 Å². The summed E-state index contributed by atoms with van der Waals surface area (Å²) in [7, 11) is 0. The van der Waals surface area contributed by atoms with Crippen molar-refractivity contribution in [1.82, 2.24) is 0 Å². The van der Waals surface area contributed by atoms with Crippen molar-refractivity contribution in [2.24, 2.45) is 0 Å². The minimum atomic E-state index is -0.837. The molecule has 4 nitrogen and oxygen atoms in total. The van der Waals surface area contributed by atoms with Crippen molar-refractivity contribution in [2.45, 2.75) is 0 Å². The first-order valence-electron chi connectivity index (χ1n) is 7.58. The Morgan fingerprint density at radius 3 is 1.46 bits per heavy atom. The summed E-state index contributed by atoms with van der Waals surface area (Å²) in [5.74, 6) is -3.49. The van der Waals surface area contributed by atoms with Crippen molar-refractivity contribution in [3.8, 4) is 11.5 Å². The van der Waals surface area contributed by atoms with E-state index in [4.69, 9.17) is 9.47 Å². The molecule has 0 fully saturated rings. The molecule has 0 amide bonds. The largest absolute Gasteiger partial charge is 0.420 e. The van der Waals surface area contributed by atoms with Gasteiger partial charge in [-0.25, -0.2) is 18.4 Å². The van der Waals surface area contributed by atoms with Gasteiger partial charge in [0.1, 0.15) is 0 Å². The molecule has 3 rings (SSSR count). The van der Waals surface area contributed by atoms with Crippen molar-refractivity contribution in [1.29, 1.82) is 0 Å². The first kappa shape index (κ1) is 17.3. The zero-order chi connectivity index (χ0) is 18.5. The van der Waals surface area contributed by atoms with Crippen molar-refractivity contribution >= 4 is 11.9 Å². The Morgan fingerprint density at radius 1 is 0.615 bits per heavy atom. The number of para-hydroxylation sites is 2. The summed E-state index contributed by atoms with van der Waals surface area (Å²) in [6, 6.07) is 16.4. The van der Waals surface area contributed by atoms with Gasteiger partial charge in [-0.2, -0.15) is 0 Å². The molecule has 3 aromatic carbocycles. The van der Waals surface area contributed by atoms with Gasteiger partial charge in [0.2, 0.25) is 0 Å². The SMILES string of the molecule is O=C(Oc1ccccc1F)c1cccc(C(=O)Oc2ccccc2F)c1. The maximum atomic E-state index is 13.6. The second-order valence-electron chi connectivity index (χ2n) is 5.22. The highest BCUT2D eigenvalue weighted by atomic mass is 19.1. The summed E-state index contributed by atoms with van der Waals surface area (Å²) >= 11 is 0. The second kappa shape index (κ2) is 7.57. The van der Waals surface area contributed by atoms with Crippen LogP contribution in [0.2, 0.25) is 0 Å². The molecule has 0 saturated heterocycles. The van der Waals surface area contributed by atoms with Crippen LogP contribution in [0, 0.1) is 11.6 Å². The Morgan fingerprint density at radius 2 is 1.04 bits per heavy atom. The van der Waals surface area contributed by atoms with Gasteiger partial charge in [0.25, 0.3) is 0 Å². The molecule has 26 heavy (non-hydrogen) atoms. The molecular weight excluding hydrogens is 342 g/mol. The van der Waals surface area contributed by atoms with Gasteiger partial charge in [0, 0.05) is 0 Å². The third kappa shape index (κ3) is 3.92. The number of benzene rings is 3. The molecule has 0 N–H and O–H groups in total. The van der Waals surface area contributed by atoms with E-state index in [1.54, 1.807) is 0 Å². The smallest absolute Gasteiger partial charge is 0.343 e. The Hall–Kier alpha value is -3.54. The van der Waals surface area contributed by atoms with E-state index in [0.29, 0.717) is 0 Å². The Kier molecular flexibility index (Phi) is 5.03. The molecule has 0 saturated carbocycles. The minimum absolute atomic E-state index is 0.0243. The molecule has 0 aliphatic heterocycles. The fourth-order valence-corrected chi connectivity index (χ4v) is 2.15. The van der Waals surface area contributed by atoms with E-state index >= 15 is 0 Å². The number of hydrogen-bond donors (Lipinski definition) is 0. The van der Waals surface area contributed by atoms with Crippen LogP contribution in [-0.2, 0) is 0 Å². The fourth-order valence-electron chi connectivity index (χ4n) is 2.15. The lowest BCUT2D eigenvalue weighted by atomic mass is 10.1. The van der Waals surface area contributed by atoms with Crippen LogP contribution in [0.1, 0.15) is 20.7 Å². The van der Waals surface area contributed by atoms with E-state index in [9.17, 15) is 18.4 Å². The number of esters is 2. The van der Waals surface area contributed by atoms with Crippen LogP contribution in [0.25, 0.3) is 0 Å². The van der Waals surface area contributed by atoms with Gasteiger partial charge in [-0.1, -0.05) is 30.3 Å². The highest BCUT2D eigenvalue weighted by Gasteiger charge is 2.16. The van der Waals surface area contributed by atoms with Crippen molar-refractivity contribution in [3.63, 3.8) is 0 Å². The normalized spacial score (nSPS) is 10.2. The second-order valence-corrected chi connectivity index (χ2v) is 5.22. The van der Waals surface area contributed by atoms with Crippen LogP contribution >= 0.6 is 0 Å². The van der Waals surface area contributed by atoms with Crippen LogP contribution in [0.4, 0.5) is 8.78 Å². The maximum absolute atomic E-state index is 13.6. The molecule has 0 radical (unpaired) electrons. The van der Waals surface area contributed by atoms with Crippen LogP contribution in [-0.4, -0.2) is 11.9 Å². The van der Waals surface area contributed by atoms with E-state index in [1.165, 1.54) is 60.7 Å². The molecule has 0 heterocycles. The summed E-state index contributed by atoms with van der Waals surface area (Å²) in [6.45, 7) is 0. The predicted octanol–water partition coefficient (Wildman–Crippen LogP) is 4.40. The van der Waals surface area contributed by atoms with Crippen molar-refractivity contribution in [2.75, 3.05) is 0 Å². The lowest BCUT2D eigenvalue weighted by molar-refractivity contribution is 0.0727. The molecule has 0 atom stereocenters. The van der Waals surface area contributed by atoms with E-state index in [1.807, 2.05) is 0 Å². The number of halogens is 2. The Labute approximate surface area is 147 Å². The third-order valence-electron chi connectivity index (χ3n) is 3.41. The van der Waals surface area contributed by atoms with Crippen LogP contribution in [0.3, 0.4) is 0 Å². The number of ether oxygens (including phenoxy) is 2. The fraction of sp³-hybridized carbons (Fsp3) is 0. The average molecular weight is 354 g/mol. The first-order valence-corrected chi connectivity index (χ1v) is 7.58. The molecular formula is C20H12F2O4. The number of hydrogen-bond acceptors (Lipinski definition) is 4. The highest BCUT2D eigenvalue weighted by molar-refractivity contribution is 5.96. The van der Waals surface area contributed by atoms with E-state index in [2.05, 4.69) is 0 Å². The Bertz CT molecular complexity index is 895. The maximum Gasteiger partial charge on any atom is 0.343 e. The minimum Gasteiger partial charge on any atom is -0.420 e. The zero-order valence-electron chi connectivity index (χ0n) is 13.3. The summed E-state index contributed by atoms with van der Waals surface area (Å²) in [6.07, 6.45) is 0. The topological polar surface area (TPSA) is 52.6 Å². The lowest BCUT2D eigenvalue weighted by Gasteiger charge is -2.08. The molecule has 0 aromatic heterocycles. The molecule has 0 bridgehead atoms. The molecule has 6 heteroatoms. The molecule has 0 spiro atoms. The monoisotopic (exact) mass is 354 g/mol. The van der Waals surface area contributed by atoms with Gasteiger partial charge >= 0.3 is 11.9 Å². The predicted molar refractivity (Wildman–Crippen MR) is 89.2 cm³/mol. The third-order valence-corrected chi connectivity index (χ3v) is 3.41. The molecule has 0 unspecified atom stereocenters. The number of carbonyl (C=O) groups is 2. The van der Waals surface area contributed by atoms with Crippen LogP contribution in [0.15, 0.2) is 72.8 Å². The summed E-state index contributed by atoms with van der Waals surface area (Å²) < 4.78 is 37.1. The molecule has 130 valence electrons. The van der Waals surface area contributed by atoms with E-state index in [-0.39, 0.29) is 22.6 Å². The van der Waals surface area contributed by atoms with Crippen LogP contribution in [0.5, 0.6) is 11.5 Å². The van der Waals surface area contributed by atoms with Crippen molar-refractivity contribution in [3.05, 3.63) is 95.6 Å². The highest BCUT2D eigenvalue weighted by Crippen LogP contribution is 2.19. The quantitative estimate of drug-likeness (QED) is 0.515. The molecule has 0 aliphatic rings. The van der Waals surface area contributed by atoms with Gasteiger partial charge in [-0.05, 0) is 42.5 Å². The van der Waals surface area contributed by atoms with Gasteiger partial charge in [0.15, 0.2) is 23.1 Å². The van der Waals surface area contributed by atoms with Gasteiger partial charge in [-0.15, -0.1) is 0 Å². The van der Waals surface area contributed by atoms with Crippen LogP contribution < -0.4 is 9.47 Å². The van der Waals surface area contributed by atoms with Gasteiger partial charge in [0.05, 0.1) is 11.1 Å². The standard InChI is InChI=1S/C20H12F2O4/c21-15-8-1-3-10-17(15)25-19(23)13-6-5-7-14(12-13)20(24)26-18-11-4-2-9-16(18)22/h1-12H. The van der Waals surface area contributed by atoms with Gasteiger partial charge in [-0.3, -0.25) is 0 Å². The number of rotatable bonds is 4. The van der Waals surface area contributed by atoms with E-state index < -0.39 is 23.6 Å². The van der Waals surface area contributed by atoms with Crippen molar-refractivity contribution < 1.29 is 27.8 Å². The summed E-state index contributed by atoms with van der Waals surface area (Å²) in [5, 5.41) is 0. The lowest BCUT2D eigenvalue weighted by Crippen LogP contribution is -2.13. The summed E-state index contributed by atoms with van der Waals surface area (Å²) in [4.78, 5) is 24.3.